The van der Waals surface area contributed by atoms with Gasteiger partial charge in [0.15, 0.2) is 0 Å². The van der Waals surface area contributed by atoms with Gasteiger partial charge in [0.1, 0.15) is 11.5 Å². The Morgan fingerprint density at radius 2 is 1.83 bits per heavy atom. The Balaban J connectivity index is 2.26. The Hall–Kier alpha value is -1.97. The molecule has 1 aliphatic heterocycles. The fourth-order valence-corrected chi connectivity index (χ4v) is 3.32. The van der Waals surface area contributed by atoms with E-state index in [1.165, 1.54) is 6.42 Å². The molecule has 23 heavy (non-hydrogen) atoms. The van der Waals surface area contributed by atoms with Crippen molar-refractivity contribution >= 4 is 11.5 Å². The van der Waals surface area contributed by atoms with Gasteiger partial charge in [-0.05, 0) is 57.7 Å². The lowest BCUT2D eigenvalue weighted by molar-refractivity contribution is -0.131. The van der Waals surface area contributed by atoms with Crippen LogP contribution in [0.25, 0.3) is 5.57 Å². The molecular weight excluding hydrogens is 290 g/mol. The Morgan fingerprint density at radius 1 is 1.17 bits per heavy atom. The van der Waals surface area contributed by atoms with Gasteiger partial charge in [0.05, 0.1) is 14.2 Å². The fourth-order valence-electron chi connectivity index (χ4n) is 3.32. The van der Waals surface area contributed by atoms with Gasteiger partial charge in [-0.3, -0.25) is 4.79 Å². The monoisotopic (exact) mass is 317 g/mol. The standard InChI is InChI=1S/C19H27NO3/c1-13(17-10-9-16(22-4)12-18(17)23-5)11-19(21)20-14(2)7-6-8-15(20)3/h9-12,14-15H,6-8H2,1-5H3/b13-11+. The van der Waals surface area contributed by atoms with E-state index >= 15 is 0 Å². The molecule has 0 saturated carbocycles. The van der Waals surface area contributed by atoms with E-state index in [1.807, 2.05) is 30.0 Å². The first-order valence-corrected chi connectivity index (χ1v) is 8.21. The minimum absolute atomic E-state index is 0.0834. The molecule has 1 saturated heterocycles. The Morgan fingerprint density at radius 3 is 2.39 bits per heavy atom. The van der Waals surface area contributed by atoms with Gasteiger partial charge in [-0.1, -0.05) is 0 Å². The number of piperidine rings is 1. The van der Waals surface area contributed by atoms with Crippen molar-refractivity contribution in [2.24, 2.45) is 0 Å². The van der Waals surface area contributed by atoms with Crippen LogP contribution in [0.3, 0.4) is 0 Å². The molecule has 1 aromatic rings. The first-order chi connectivity index (χ1) is 11.0. The minimum Gasteiger partial charge on any atom is -0.497 e. The zero-order chi connectivity index (χ0) is 17.0. The molecular formula is C19H27NO3. The molecule has 1 heterocycles. The number of carbonyl (C=O) groups is 1. The minimum atomic E-state index is 0.0834. The van der Waals surface area contributed by atoms with Gasteiger partial charge in [-0.15, -0.1) is 0 Å². The maximum Gasteiger partial charge on any atom is 0.247 e. The number of methoxy groups -OCH3 is 2. The van der Waals surface area contributed by atoms with Crippen LogP contribution in [-0.4, -0.2) is 37.1 Å². The third kappa shape index (κ3) is 3.87. The molecule has 0 aromatic heterocycles. The average Bonchev–Trinajstić information content (AvgIpc) is 2.53. The molecule has 1 amide bonds. The van der Waals surface area contributed by atoms with Gasteiger partial charge in [0.2, 0.25) is 5.91 Å². The molecule has 2 atom stereocenters. The first-order valence-electron chi connectivity index (χ1n) is 8.21. The smallest absolute Gasteiger partial charge is 0.247 e. The van der Waals surface area contributed by atoms with Crippen molar-refractivity contribution in [3.63, 3.8) is 0 Å². The normalized spacial score (nSPS) is 22.0. The van der Waals surface area contributed by atoms with Crippen molar-refractivity contribution in [2.45, 2.75) is 52.1 Å². The van der Waals surface area contributed by atoms with Gasteiger partial charge in [0.25, 0.3) is 0 Å². The number of ether oxygens (including phenoxy) is 2. The Bertz CT molecular complexity index is 584. The summed E-state index contributed by atoms with van der Waals surface area (Å²) in [7, 11) is 3.25. The topological polar surface area (TPSA) is 38.8 Å². The number of allylic oxidation sites excluding steroid dienone is 1. The van der Waals surface area contributed by atoms with Gasteiger partial charge in [0, 0.05) is 29.8 Å². The number of likely N-dealkylation sites (tertiary alicyclic amines) is 1. The van der Waals surface area contributed by atoms with Gasteiger partial charge < -0.3 is 14.4 Å². The SMILES string of the molecule is COc1ccc(/C(C)=C/C(=O)N2C(C)CCCC2C)c(OC)c1. The first kappa shape index (κ1) is 17.4. The van der Waals surface area contributed by atoms with Crippen molar-refractivity contribution in [2.75, 3.05) is 14.2 Å². The van der Waals surface area contributed by atoms with Crippen molar-refractivity contribution < 1.29 is 14.3 Å². The highest BCUT2D eigenvalue weighted by Gasteiger charge is 2.27. The highest BCUT2D eigenvalue weighted by atomic mass is 16.5. The van der Waals surface area contributed by atoms with Crippen LogP contribution >= 0.6 is 0 Å². The lowest BCUT2D eigenvalue weighted by atomic mass is 9.97. The number of carbonyl (C=O) groups excluding carboxylic acids is 1. The van der Waals surface area contributed by atoms with E-state index in [1.54, 1.807) is 20.3 Å². The highest BCUT2D eigenvalue weighted by Crippen LogP contribution is 2.30. The second kappa shape index (κ2) is 7.53. The van der Waals surface area contributed by atoms with E-state index in [9.17, 15) is 4.79 Å². The van der Waals surface area contributed by atoms with Crippen LogP contribution in [0.5, 0.6) is 11.5 Å². The average molecular weight is 317 g/mol. The molecule has 1 aliphatic rings. The van der Waals surface area contributed by atoms with Crippen LogP contribution in [0, 0.1) is 0 Å². The molecule has 4 heteroatoms. The second-order valence-electron chi connectivity index (χ2n) is 6.27. The summed E-state index contributed by atoms with van der Waals surface area (Å²) < 4.78 is 10.7. The molecule has 126 valence electrons. The van der Waals surface area contributed by atoms with Crippen LogP contribution in [-0.2, 0) is 4.79 Å². The van der Waals surface area contributed by atoms with E-state index < -0.39 is 0 Å². The Kier molecular flexibility index (Phi) is 5.69. The molecule has 0 bridgehead atoms. The molecule has 1 aromatic carbocycles. The highest BCUT2D eigenvalue weighted by molar-refractivity contribution is 5.96. The van der Waals surface area contributed by atoms with Crippen molar-refractivity contribution in [3.8, 4) is 11.5 Å². The lowest BCUT2D eigenvalue weighted by Gasteiger charge is -2.38. The number of hydrogen-bond acceptors (Lipinski definition) is 3. The second-order valence-corrected chi connectivity index (χ2v) is 6.27. The molecule has 0 aliphatic carbocycles. The lowest BCUT2D eigenvalue weighted by Crippen LogP contribution is -2.46. The zero-order valence-corrected chi connectivity index (χ0v) is 14.8. The largest absolute Gasteiger partial charge is 0.497 e. The summed E-state index contributed by atoms with van der Waals surface area (Å²) in [6.45, 7) is 6.21. The van der Waals surface area contributed by atoms with E-state index in [2.05, 4.69) is 13.8 Å². The van der Waals surface area contributed by atoms with Gasteiger partial charge in [-0.2, -0.15) is 0 Å². The maximum atomic E-state index is 12.7. The Labute approximate surface area is 139 Å². The van der Waals surface area contributed by atoms with Gasteiger partial charge in [-0.25, -0.2) is 0 Å². The third-order valence-electron chi connectivity index (χ3n) is 4.62. The predicted molar refractivity (Wildman–Crippen MR) is 92.8 cm³/mol. The summed E-state index contributed by atoms with van der Waals surface area (Å²) >= 11 is 0. The van der Waals surface area contributed by atoms with E-state index in [0.717, 1.165) is 29.7 Å². The summed E-state index contributed by atoms with van der Waals surface area (Å²) in [5.41, 5.74) is 1.82. The molecule has 1 fully saturated rings. The van der Waals surface area contributed by atoms with Crippen LogP contribution in [0.4, 0.5) is 0 Å². The summed E-state index contributed by atoms with van der Waals surface area (Å²) in [6.07, 6.45) is 5.08. The number of rotatable bonds is 4. The van der Waals surface area contributed by atoms with Crippen LogP contribution < -0.4 is 9.47 Å². The fraction of sp³-hybridized carbons (Fsp3) is 0.526. The molecule has 0 spiro atoms. The van der Waals surface area contributed by atoms with Crippen LogP contribution in [0.15, 0.2) is 24.3 Å². The molecule has 2 rings (SSSR count). The molecule has 0 radical (unpaired) electrons. The summed E-state index contributed by atoms with van der Waals surface area (Å²) in [5.74, 6) is 1.54. The summed E-state index contributed by atoms with van der Waals surface area (Å²) in [4.78, 5) is 14.7. The number of amides is 1. The molecule has 0 N–H and O–H groups in total. The van der Waals surface area contributed by atoms with Gasteiger partial charge >= 0.3 is 0 Å². The predicted octanol–water partition coefficient (Wildman–Crippen LogP) is 3.90. The van der Waals surface area contributed by atoms with Crippen molar-refractivity contribution in [1.82, 2.24) is 4.90 Å². The summed E-state index contributed by atoms with van der Waals surface area (Å²) in [5, 5.41) is 0. The number of benzene rings is 1. The summed E-state index contributed by atoms with van der Waals surface area (Å²) in [6, 6.07) is 6.25. The van der Waals surface area contributed by atoms with Crippen molar-refractivity contribution in [3.05, 3.63) is 29.8 Å². The van der Waals surface area contributed by atoms with E-state index in [-0.39, 0.29) is 5.91 Å². The quantitative estimate of drug-likeness (QED) is 0.791. The van der Waals surface area contributed by atoms with Crippen LogP contribution in [0.1, 0.15) is 45.6 Å². The zero-order valence-electron chi connectivity index (χ0n) is 14.8. The van der Waals surface area contributed by atoms with E-state index in [0.29, 0.717) is 17.8 Å². The van der Waals surface area contributed by atoms with Crippen molar-refractivity contribution in [1.29, 1.82) is 0 Å². The van der Waals surface area contributed by atoms with Crippen LogP contribution in [0.2, 0.25) is 0 Å². The molecule has 4 nitrogen and oxygen atoms in total. The number of hydrogen-bond donors (Lipinski definition) is 0. The molecule has 2 unspecified atom stereocenters. The third-order valence-corrected chi connectivity index (χ3v) is 4.62. The van der Waals surface area contributed by atoms with E-state index in [4.69, 9.17) is 9.47 Å². The number of nitrogens with zero attached hydrogens (tertiary/aromatic N) is 1. The maximum absolute atomic E-state index is 12.7.